The van der Waals surface area contributed by atoms with Crippen molar-refractivity contribution in [1.82, 2.24) is 4.98 Å². The lowest BCUT2D eigenvalue weighted by molar-refractivity contribution is 0.0968. The van der Waals surface area contributed by atoms with Crippen LogP contribution in [0.1, 0.15) is 16.1 Å². The summed E-state index contributed by atoms with van der Waals surface area (Å²) < 4.78 is 5.98. The molecule has 2 aromatic heterocycles. The van der Waals surface area contributed by atoms with E-state index in [9.17, 15) is 4.79 Å². The van der Waals surface area contributed by atoms with Crippen LogP contribution in [-0.4, -0.2) is 17.9 Å². The molecule has 0 aliphatic carbocycles. The Labute approximate surface area is 137 Å². The Balaban J connectivity index is 1.89. The van der Waals surface area contributed by atoms with E-state index in [1.165, 1.54) is 16.2 Å². The van der Waals surface area contributed by atoms with Gasteiger partial charge in [0.25, 0.3) is 5.91 Å². The fourth-order valence-corrected chi connectivity index (χ4v) is 3.38. The molecule has 23 heavy (non-hydrogen) atoms. The lowest BCUT2D eigenvalue weighted by Crippen LogP contribution is -2.26. The zero-order valence-electron chi connectivity index (χ0n) is 12.7. The average Bonchev–Trinajstić information content (AvgIpc) is 3.22. The van der Waals surface area contributed by atoms with Gasteiger partial charge in [0.05, 0.1) is 0 Å². The number of anilines is 1. The zero-order valence-corrected chi connectivity index (χ0v) is 13.6. The van der Waals surface area contributed by atoms with Crippen molar-refractivity contribution in [1.29, 1.82) is 0 Å². The van der Waals surface area contributed by atoms with Gasteiger partial charge < -0.3 is 4.42 Å². The molecule has 0 atom stereocenters. The highest BCUT2D eigenvalue weighted by molar-refractivity contribution is 7.13. The number of aryl methyl sites for hydroxylation is 1. The third kappa shape index (κ3) is 2.12. The predicted molar refractivity (Wildman–Crippen MR) is 93.3 cm³/mol. The average molecular weight is 322 g/mol. The Bertz CT molecular complexity index is 1020. The van der Waals surface area contributed by atoms with Crippen molar-refractivity contribution in [3.8, 4) is 0 Å². The summed E-state index contributed by atoms with van der Waals surface area (Å²) in [6.07, 6.45) is 1.68. The van der Waals surface area contributed by atoms with Gasteiger partial charge in [-0.25, -0.2) is 4.98 Å². The maximum absolute atomic E-state index is 12.8. The second kappa shape index (κ2) is 5.21. The predicted octanol–water partition coefficient (Wildman–Crippen LogP) is 4.63. The van der Waals surface area contributed by atoms with Gasteiger partial charge in [-0.3, -0.25) is 9.69 Å². The number of furan rings is 1. The fourth-order valence-electron chi connectivity index (χ4n) is 2.77. The standard InChI is InChI=1S/C18H14N2O2S/c1-11-13-8-7-12-5-3-4-6-14(12)16(13)22-15(11)17(21)20(2)18-19-9-10-23-18/h3-10H,1-2H3. The second-order valence-corrected chi connectivity index (χ2v) is 6.27. The summed E-state index contributed by atoms with van der Waals surface area (Å²) in [5.41, 5.74) is 1.62. The first-order valence-corrected chi connectivity index (χ1v) is 8.13. The van der Waals surface area contributed by atoms with Gasteiger partial charge in [-0.1, -0.05) is 36.4 Å². The number of carbonyl (C=O) groups excluding carboxylic acids is 1. The van der Waals surface area contributed by atoms with Crippen LogP contribution in [0.25, 0.3) is 21.7 Å². The van der Waals surface area contributed by atoms with Crippen molar-refractivity contribution in [3.05, 3.63) is 59.3 Å². The van der Waals surface area contributed by atoms with Crippen molar-refractivity contribution >= 4 is 44.1 Å². The molecule has 0 aliphatic heterocycles. The first-order valence-electron chi connectivity index (χ1n) is 7.25. The summed E-state index contributed by atoms with van der Waals surface area (Å²) in [5.74, 6) is 0.187. The summed E-state index contributed by atoms with van der Waals surface area (Å²) in [7, 11) is 1.71. The van der Waals surface area contributed by atoms with Crippen molar-refractivity contribution < 1.29 is 9.21 Å². The number of hydrogen-bond acceptors (Lipinski definition) is 4. The summed E-state index contributed by atoms with van der Waals surface area (Å²) in [6.45, 7) is 1.92. The minimum absolute atomic E-state index is 0.183. The van der Waals surface area contributed by atoms with Gasteiger partial charge in [-0.05, 0) is 12.3 Å². The van der Waals surface area contributed by atoms with Gasteiger partial charge >= 0.3 is 0 Å². The molecule has 0 bridgehead atoms. The molecule has 1 amide bonds. The number of fused-ring (bicyclic) bond motifs is 3. The molecule has 5 heteroatoms. The van der Waals surface area contributed by atoms with Crippen LogP contribution in [0.4, 0.5) is 5.13 Å². The third-order valence-corrected chi connectivity index (χ3v) is 4.88. The van der Waals surface area contributed by atoms with Crippen molar-refractivity contribution in [2.45, 2.75) is 6.92 Å². The molecule has 0 saturated carbocycles. The number of thiazole rings is 1. The molecule has 0 saturated heterocycles. The van der Waals surface area contributed by atoms with E-state index < -0.39 is 0 Å². The summed E-state index contributed by atoms with van der Waals surface area (Å²) in [5, 5.41) is 5.59. The van der Waals surface area contributed by atoms with Crippen molar-refractivity contribution in [3.63, 3.8) is 0 Å². The Morgan fingerprint density at radius 1 is 1.17 bits per heavy atom. The summed E-state index contributed by atoms with van der Waals surface area (Å²) in [6, 6.07) is 12.1. The van der Waals surface area contributed by atoms with Gasteiger partial charge in [0.2, 0.25) is 0 Å². The minimum atomic E-state index is -0.183. The maximum Gasteiger partial charge on any atom is 0.295 e. The molecule has 0 aliphatic rings. The molecule has 2 heterocycles. The molecule has 0 fully saturated rings. The molecular formula is C18H14N2O2S. The molecule has 0 unspecified atom stereocenters. The number of amides is 1. The molecule has 2 aromatic carbocycles. The maximum atomic E-state index is 12.8. The first-order chi connectivity index (χ1) is 11.2. The quantitative estimate of drug-likeness (QED) is 0.540. The normalized spacial score (nSPS) is 11.2. The lowest BCUT2D eigenvalue weighted by atomic mass is 10.1. The SMILES string of the molecule is Cc1c(C(=O)N(C)c2nccs2)oc2c1ccc1ccccc12. The monoisotopic (exact) mass is 322 g/mol. The van der Waals surface area contributed by atoms with Crippen LogP contribution >= 0.6 is 11.3 Å². The fraction of sp³-hybridized carbons (Fsp3) is 0.111. The molecule has 4 aromatic rings. The zero-order chi connectivity index (χ0) is 16.0. The first kappa shape index (κ1) is 14.0. The van der Waals surface area contributed by atoms with Crippen LogP contribution in [0.2, 0.25) is 0 Å². The van der Waals surface area contributed by atoms with E-state index in [0.717, 1.165) is 27.3 Å². The van der Waals surface area contributed by atoms with E-state index in [4.69, 9.17) is 4.42 Å². The lowest BCUT2D eigenvalue weighted by Gasteiger charge is -2.12. The van der Waals surface area contributed by atoms with E-state index in [2.05, 4.69) is 11.1 Å². The van der Waals surface area contributed by atoms with Crippen LogP contribution in [0.5, 0.6) is 0 Å². The highest BCUT2D eigenvalue weighted by Crippen LogP contribution is 2.32. The number of rotatable bonds is 2. The van der Waals surface area contributed by atoms with Gasteiger partial charge in [0.15, 0.2) is 10.9 Å². The highest BCUT2D eigenvalue weighted by Gasteiger charge is 2.23. The third-order valence-electron chi connectivity index (χ3n) is 4.03. The van der Waals surface area contributed by atoms with Crippen LogP contribution in [-0.2, 0) is 0 Å². The highest BCUT2D eigenvalue weighted by atomic mass is 32.1. The Morgan fingerprint density at radius 2 is 2.00 bits per heavy atom. The van der Waals surface area contributed by atoms with Crippen molar-refractivity contribution in [2.75, 3.05) is 11.9 Å². The van der Waals surface area contributed by atoms with Crippen molar-refractivity contribution in [2.24, 2.45) is 0 Å². The second-order valence-electron chi connectivity index (χ2n) is 5.40. The molecule has 0 N–H and O–H groups in total. The molecule has 0 spiro atoms. The van der Waals surface area contributed by atoms with E-state index in [-0.39, 0.29) is 5.91 Å². The van der Waals surface area contributed by atoms with Crippen LogP contribution in [0.3, 0.4) is 0 Å². The Kier molecular flexibility index (Phi) is 3.16. The van der Waals surface area contributed by atoms with Gasteiger partial charge in [0, 0.05) is 35.0 Å². The van der Waals surface area contributed by atoms with Crippen LogP contribution in [0, 0.1) is 6.92 Å². The smallest absolute Gasteiger partial charge is 0.295 e. The molecular weight excluding hydrogens is 308 g/mol. The number of nitrogens with zero attached hydrogens (tertiary/aromatic N) is 2. The molecule has 4 rings (SSSR count). The number of benzene rings is 2. The van der Waals surface area contributed by atoms with E-state index in [0.29, 0.717) is 10.9 Å². The number of carbonyl (C=O) groups is 1. The van der Waals surface area contributed by atoms with Crippen LogP contribution in [0.15, 0.2) is 52.4 Å². The van der Waals surface area contributed by atoms with Gasteiger partial charge in [-0.15, -0.1) is 11.3 Å². The van der Waals surface area contributed by atoms with Gasteiger partial charge in [0.1, 0.15) is 5.58 Å². The van der Waals surface area contributed by atoms with Crippen LogP contribution < -0.4 is 4.90 Å². The summed E-state index contributed by atoms with van der Waals surface area (Å²) in [4.78, 5) is 18.5. The Morgan fingerprint density at radius 3 is 2.78 bits per heavy atom. The van der Waals surface area contributed by atoms with E-state index in [1.807, 2.05) is 42.6 Å². The molecule has 0 radical (unpaired) electrons. The number of aromatic nitrogens is 1. The molecule has 4 nitrogen and oxygen atoms in total. The topological polar surface area (TPSA) is 46.3 Å². The largest absolute Gasteiger partial charge is 0.450 e. The minimum Gasteiger partial charge on any atom is -0.450 e. The molecule has 114 valence electrons. The summed E-state index contributed by atoms with van der Waals surface area (Å²) >= 11 is 1.42. The van der Waals surface area contributed by atoms with E-state index >= 15 is 0 Å². The Hall–Kier alpha value is -2.66. The van der Waals surface area contributed by atoms with E-state index in [1.54, 1.807) is 13.2 Å². The van der Waals surface area contributed by atoms with Gasteiger partial charge in [-0.2, -0.15) is 0 Å². The number of hydrogen-bond donors (Lipinski definition) is 0.